The number of esters is 1. The van der Waals surface area contributed by atoms with Crippen LogP contribution in [0.25, 0.3) is 6.08 Å². The van der Waals surface area contributed by atoms with Gasteiger partial charge in [-0.05, 0) is 23.3 Å². The van der Waals surface area contributed by atoms with Crippen LogP contribution in [0.15, 0.2) is 54.2 Å². The van der Waals surface area contributed by atoms with Crippen LogP contribution >= 0.6 is 0 Å². The summed E-state index contributed by atoms with van der Waals surface area (Å²) in [5.74, 6) is -0.942. The molecule has 0 radical (unpaired) electrons. The standard InChI is InChI=1S/C18H15N3O8/c1-28-17(22)14(19-18(23)29-11-12-5-3-2-4-6-12)9-13-7-8-15(20(24)25)16(10-13)21(26)27/h2-10H,11H2,1H3,(H,19,23)/b14-9+. The second-order valence-corrected chi connectivity index (χ2v) is 5.50. The smallest absolute Gasteiger partial charge is 0.412 e. The first-order valence-electron chi connectivity index (χ1n) is 8.02. The maximum absolute atomic E-state index is 12.0. The third kappa shape index (κ3) is 5.85. The molecule has 1 N–H and O–H groups in total. The van der Waals surface area contributed by atoms with Crippen LogP contribution in [0.2, 0.25) is 0 Å². The number of rotatable bonds is 7. The molecule has 0 heterocycles. The van der Waals surface area contributed by atoms with Crippen molar-refractivity contribution in [1.29, 1.82) is 0 Å². The number of methoxy groups -OCH3 is 1. The van der Waals surface area contributed by atoms with Gasteiger partial charge in [-0.2, -0.15) is 0 Å². The summed E-state index contributed by atoms with van der Waals surface area (Å²) in [6.07, 6.45) is 0.119. The van der Waals surface area contributed by atoms with Gasteiger partial charge in [-0.15, -0.1) is 0 Å². The van der Waals surface area contributed by atoms with Crippen LogP contribution in [-0.2, 0) is 20.9 Å². The predicted molar refractivity (Wildman–Crippen MR) is 99.5 cm³/mol. The summed E-state index contributed by atoms with van der Waals surface area (Å²) in [6.45, 7) is -0.0515. The van der Waals surface area contributed by atoms with Crippen molar-refractivity contribution in [1.82, 2.24) is 5.32 Å². The second kappa shape index (κ2) is 9.60. The van der Waals surface area contributed by atoms with Gasteiger partial charge < -0.3 is 9.47 Å². The van der Waals surface area contributed by atoms with Crippen LogP contribution in [0.1, 0.15) is 11.1 Å². The van der Waals surface area contributed by atoms with Gasteiger partial charge >= 0.3 is 23.4 Å². The minimum atomic E-state index is -0.957. The van der Waals surface area contributed by atoms with Gasteiger partial charge in [0.25, 0.3) is 0 Å². The third-order valence-corrected chi connectivity index (χ3v) is 3.56. The number of carbonyl (C=O) groups excluding carboxylic acids is 2. The molecule has 11 nitrogen and oxygen atoms in total. The Kier molecular flexibility index (Phi) is 6.96. The van der Waals surface area contributed by atoms with Crippen LogP contribution in [0.3, 0.4) is 0 Å². The third-order valence-electron chi connectivity index (χ3n) is 3.56. The van der Waals surface area contributed by atoms with Crippen LogP contribution < -0.4 is 5.32 Å². The van der Waals surface area contributed by atoms with Crippen LogP contribution in [0.4, 0.5) is 16.2 Å². The average molecular weight is 401 g/mol. The van der Waals surface area contributed by atoms with Gasteiger partial charge in [-0.1, -0.05) is 30.3 Å². The molecule has 150 valence electrons. The Morgan fingerprint density at radius 2 is 1.69 bits per heavy atom. The van der Waals surface area contributed by atoms with Crippen LogP contribution in [-0.4, -0.2) is 29.0 Å². The Bertz CT molecular complexity index is 972. The van der Waals surface area contributed by atoms with E-state index >= 15 is 0 Å². The lowest BCUT2D eigenvalue weighted by Gasteiger charge is -2.09. The summed E-state index contributed by atoms with van der Waals surface area (Å²) < 4.78 is 9.58. The normalized spacial score (nSPS) is 10.7. The highest BCUT2D eigenvalue weighted by Gasteiger charge is 2.24. The Morgan fingerprint density at radius 3 is 2.28 bits per heavy atom. The van der Waals surface area contributed by atoms with Gasteiger partial charge in [0.2, 0.25) is 0 Å². The van der Waals surface area contributed by atoms with Crippen LogP contribution in [0.5, 0.6) is 0 Å². The van der Waals surface area contributed by atoms with Crippen molar-refractivity contribution in [3.05, 3.63) is 85.6 Å². The molecule has 0 aliphatic rings. The molecule has 0 saturated heterocycles. The van der Waals surface area contributed by atoms with Crippen molar-refractivity contribution in [2.75, 3.05) is 7.11 Å². The van der Waals surface area contributed by atoms with E-state index in [-0.39, 0.29) is 17.9 Å². The molecule has 0 fully saturated rings. The Balaban J connectivity index is 2.23. The summed E-state index contributed by atoms with van der Waals surface area (Å²) in [4.78, 5) is 44.0. The summed E-state index contributed by atoms with van der Waals surface area (Å²) in [5.41, 5.74) is -1.06. The number of alkyl carbamates (subject to hydrolysis) is 1. The zero-order valence-corrected chi connectivity index (χ0v) is 15.1. The predicted octanol–water partition coefficient (Wildman–Crippen LogP) is 2.94. The molecule has 0 aliphatic carbocycles. The second-order valence-electron chi connectivity index (χ2n) is 5.50. The van der Waals surface area contributed by atoms with E-state index in [0.29, 0.717) is 0 Å². The average Bonchev–Trinajstić information content (AvgIpc) is 2.71. The number of hydrogen-bond acceptors (Lipinski definition) is 8. The highest BCUT2D eigenvalue weighted by atomic mass is 16.6. The largest absolute Gasteiger partial charge is 0.464 e. The fourth-order valence-electron chi connectivity index (χ4n) is 2.22. The number of benzene rings is 2. The van der Waals surface area contributed by atoms with Crippen molar-refractivity contribution in [3.8, 4) is 0 Å². The molecule has 11 heteroatoms. The maximum Gasteiger partial charge on any atom is 0.412 e. The molecule has 0 aliphatic heterocycles. The number of amides is 1. The molecule has 0 spiro atoms. The van der Waals surface area contributed by atoms with Gasteiger partial charge in [-0.25, -0.2) is 9.59 Å². The van der Waals surface area contributed by atoms with E-state index in [1.165, 1.54) is 6.07 Å². The Labute approximate surface area is 163 Å². The highest BCUT2D eigenvalue weighted by Crippen LogP contribution is 2.28. The number of carbonyl (C=O) groups is 2. The maximum atomic E-state index is 12.0. The van der Waals surface area contributed by atoms with Crippen molar-refractivity contribution in [2.24, 2.45) is 0 Å². The monoisotopic (exact) mass is 401 g/mol. The Hall–Kier alpha value is -4.28. The van der Waals surface area contributed by atoms with E-state index < -0.39 is 33.3 Å². The van der Waals surface area contributed by atoms with E-state index in [0.717, 1.165) is 30.9 Å². The van der Waals surface area contributed by atoms with Crippen molar-refractivity contribution < 1.29 is 28.9 Å². The molecule has 29 heavy (non-hydrogen) atoms. The molecule has 0 aromatic heterocycles. The topological polar surface area (TPSA) is 151 Å². The van der Waals surface area contributed by atoms with E-state index in [1.54, 1.807) is 30.3 Å². The molecule has 0 saturated carbocycles. The lowest BCUT2D eigenvalue weighted by atomic mass is 10.1. The molecule has 1 amide bonds. The van der Waals surface area contributed by atoms with Crippen molar-refractivity contribution in [3.63, 3.8) is 0 Å². The van der Waals surface area contributed by atoms with E-state index in [4.69, 9.17) is 4.74 Å². The van der Waals surface area contributed by atoms with Gasteiger partial charge in [-0.3, -0.25) is 25.5 Å². The van der Waals surface area contributed by atoms with E-state index in [2.05, 4.69) is 10.1 Å². The number of hydrogen-bond donors (Lipinski definition) is 1. The molecule has 2 aromatic rings. The summed E-state index contributed by atoms with van der Waals surface area (Å²) in [5, 5.41) is 24.1. The minimum absolute atomic E-state index is 0.0515. The lowest BCUT2D eigenvalue weighted by Crippen LogP contribution is -2.28. The lowest BCUT2D eigenvalue weighted by molar-refractivity contribution is -0.422. The van der Waals surface area contributed by atoms with E-state index in [9.17, 15) is 29.8 Å². The highest BCUT2D eigenvalue weighted by molar-refractivity contribution is 5.96. The van der Waals surface area contributed by atoms with Gasteiger partial charge in [0, 0.05) is 12.1 Å². The fourth-order valence-corrected chi connectivity index (χ4v) is 2.22. The summed E-state index contributed by atoms with van der Waals surface area (Å²) in [7, 11) is 1.07. The fraction of sp³-hybridized carbons (Fsp3) is 0.111. The first-order chi connectivity index (χ1) is 13.8. The minimum Gasteiger partial charge on any atom is -0.464 e. The number of nitrogens with one attached hydrogen (secondary N) is 1. The Morgan fingerprint density at radius 1 is 1.03 bits per heavy atom. The quantitative estimate of drug-likeness (QED) is 0.322. The van der Waals surface area contributed by atoms with E-state index in [1.807, 2.05) is 0 Å². The SMILES string of the molecule is COC(=O)/C(=C\c1ccc([N+](=O)[O-])c([N+](=O)[O-])c1)NC(=O)OCc1ccccc1. The molecule has 0 bridgehead atoms. The van der Waals surface area contributed by atoms with Gasteiger partial charge in [0.1, 0.15) is 12.3 Å². The summed E-state index contributed by atoms with van der Waals surface area (Å²) in [6, 6.07) is 11.8. The van der Waals surface area contributed by atoms with Crippen molar-refractivity contribution >= 4 is 29.5 Å². The molecular formula is C18H15N3O8. The number of nitro benzene ring substituents is 2. The van der Waals surface area contributed by atoms with Gasteiger partial charge in [0.05, 0.1) is 17.0 Å². The first kappa shape index (κ1) is 21.0. The molecule has 0 atom stereocenters. The summed E-state index contributed by atoms with van der Waals surface area (Å²) >= 11 is 0. The van der Waals surface area contributed by atoms with Gasteiger partial charge in [0.15, 0.2) is 0 Å². The number of nitrogens with zero attached hydrogens (tertiary/aromatic N) is 2. The zero-order valence-electron chi connectivity index (χ0n) is 15.1. The molecule has 0 unspecified atom stereocenters. The number of ether oxygens (including phenoxy) is 2. The van der Waals surface area contributed by atoms with Crippen LogP contribution in [0, 0.1) is 20.2 Å². The van der Waals surface area contributed by atoms with Crippen molar-refractivity contribution in [2.45, 2.75) is 6.61 Å². The molecule has 2 rings (SSSR count). The zero-order chi connectivity index (χ0) is 21.4. The molecular weight excluding hydrogens is 386 g/mol. The first-order valence-corrected chi connectivity index (χ1v) is 8.02. The number of nitro groups is 2. The molecule has 2 aromatic carbocycles.